The van der Waals surface area contributed by atoms with Crippen molar-refractivity contribution < 1.29 is 9.47 Å². The zero-order valence-electron chi connectivity index (χ0n) is 22.5. The van der Waals surface area contributed by atoms with Gasteiger partial charge in [-0.05, 0) is 56.8 Å². The van der Waals surface area contributed by atoms with E-state index >= 15 is 0 Å². The predicted octanol–water partition coefficient (Wildman–Crippen LogP) is 5.71. The van der Waals surface area contributed by atoms with Crippen LogP contribution in [0.2, 0.25) is 10.0 Å². The summed E-state index contributed by atoms with van der Waals surface area (Å²) in [5, 5.41) is 7.80. The number of ether oxygens (including phenoxy) is 2. The van der Waals surface area contributed by atoms with Gasteiger partial charge in [0.2, 0.25) is 17.0 Å². The molecule has 0 saturated carbocycles. The van der Waals surface area contributed by atoms with Crippen molar-refractivity contribution >= 4 is 63.8 Å². The maximum absolute atomic E-state index is 6.28. The fourth-order valence-corrected chi connectivity index (χ4v) is 4.93. The lowest BCUT2D eigenvalue weighted by Gasteiger charge is -2.38. The lowest BCUT2D eigenvalue weighted by molar-refractivity contribution is 0.385. The molecule has 2 aromatic carbocycles. The molecule has 0 unspecified atom stereocenters. The molecule has 4 rings (SSSR count). The molecule has 1 aromatic heterocycles. The van der Waals surface area contributed by atoms with Crippen molar-refractivity contribution in [1.29, 1.82) is 0 Å². The van der Waals surface area contributed by atoms with Crippen molar-refractivity contribution in [2.24, 2.45) is 4.99 Å². The molecule has 1 saturated heterocycles. The first-order valence-electron chi connectivity index (χ1n) is 12.3. The van der Waals surface area contributed by atoms with Crippen molar-refractivity contribution in [3.63, 3.8) is 0 Å². The molecule has 1 aliphatic rings. The van der Waals surface area contributed by atoms with Gasteiger partial charge in [0.25, 0.3) is 0 Å². The molecule has 0 spiro atoms. The Labute approximate surface area is 244 Å². The van der Waals surface area contributed by atoms with Gasteiger partial charge in [-0.2, -0.15) is 4.99 Å². The van der Waals surface area contributed by atoms with E-state index in [2.05, 4.69) is 37.3 Å². The highest BCUT2D eigenvalue weighted by molar-refractivity contribution is 7.80. The van der Waals surface area contributed by atoms with Crippen molar-refractivity contribution in [2.45, 2.75) is 20.8 Å². The first kappa shape index (κ1) is 28.7. The predicted molar refractivity (Wildman–Crippen MR) is 163 cm³/mol. The number of thiocarbonyl (C=S) groups is 1. The minimum absolute atomic E-state index is 0.220. The number of piperazine rings is 1. The van der Waals surface area contributed by atoms with Gasteiger partial charge in [0.15, 0.2) is 0 Å². The van der Waals surface area contributed by atoms with E-state index in [0.717, 1.165) is 35.2 Å². The lowest BCUT2D eigenvalue weighted by Crippen LogP contribution is -2.51. The second-order valence-corrected chi connectivity index (χ2v) is 10.3. The number of methoxy groups -OCH3 is 2. The molecule has 9 nitrogen and oxygen atoms in total. The van der Waals surface area contributed by atoms with E-state index < -0.39 is 0 Å². The Balaban J connectivity index is 1.59. The largest absolute Gasteiger partial charge is 0.495 e. The smallest absolute Gasteiger partial charge is 0.229 e. The van der Waals surface area contributed by atoms with E-state index in [4.69, 9.17) is 49.9 Å². The number of halogens is 2. The summed E-state index contributed by atoms with van der Waals surface area (Å²) in [5.41, 5.74) is 4.60. The van der Waals surface area contributed by atoms with E-state index in [0.29, 0.717) is 47.2 Å². The summed E-state index contributed by atoms with van der Waals surface area (Å²) in [5.74, 6) is 1.99. The minimum Gasteiger partial charge on any atom is -0.495 e. The molecule has 0 aliphatic carbocycles. The van der Waals surface area contributed by atoms with Gasteiger partial charge < -0.3 is 24.6 Å². The SMILES string of the molecule is COc1cc(NC(=S)/N=C(/Nc2nc(C)cc(C)n2)N2CCN(c3cc(Cl)ccc3C)CC2)c(OC)cc1Cl. The Bertz CT molecular complexity index is 1370. The molecule has 2 N–H and O–H groups in total. The fraction of sp³-hybridized carbons (Fsp3) is 0.333. The number of aliphatic imine (C=N–C) groups is 1. The maximum atomic E-state index is 6.28. The van der Waals surface area contributed by atoms with Gasteiger partial charge in [-0.15, -0.1) is 0 Å². The Hall–Kier alpha value is -3.34. The molecule has 206 valence electrons. The average molecular weight is 589 g/mol. The second kappa shape index (κ2) is 12.7. The van der Waals surface area contributed by atoms with E-state index in [1.54, 1.807) is 26.4 Å². The van der Waals surface area contributed by atoms with Gasteiger partial charge in [0.1, 0.15) is 11.5 Å². The number of guanidine groups is 1. The van der Waals surface area contributed by atoms with E-state index in [1.165, 1.54) is 5.56 Å². The Kier molecular flexibility index (Phi) is 9.32. The average Bonchev–Trinajstić information content (AvgIpc) is 2.90. The van der Waals surface area contributed by atoms with Crippen LogP contribution in [-0.4, -0.2) is 66.3 Å². The summed E-state index contributed by atoms with van der Waals surface area (Å²) in [6.07, 6.45) is 0. The highest BCUT2D eigenvalue weighted by atomic mass is 35.5. The van der Waals surface area contributed by atoms with Crippen LogP contribution in [0.25, 0.3) is 0 Å². The summed E-state index contributed by atoms with van der Waals surface area (Å²) >= 11 is 18.2. The van der Waals surface area contributed by atoms with Gasteiger partial charge in [0.05, 0.1) is 24.9 Å². The van der Waals surface area contributed by atoms with Gasteiger partial charge in [-0.3, -0.25) is 5.32 Å². The normalized spacial score (nSPS) is 13.8. The molecule has 0 radical (unpaired) electrons. The van der Waals surface area contributed by atoms with Gasteiger partial charge >= 0.3 is 0 Å². The summed E-state index contributed by atoms with van der Waals surface area (Å²) in [4.78, 5) is 18.3. The number of nitrogens with zero attached hydrogens (tertiary/aromatic N) is 5. The number of hydrogen-bond acceptors (Lipinski definition) is 6. The van der Waals surface area contributed by atoms with Crippen LogP contribution < -0.4 is 25.0 Å². The topological polar surface area (TPSA) is 87.1 Å². The van der Waals surface area contributed by atoms with Crippen LogP contribution in [0.15, 0.2) is 41.4 Å². The molecule has 0 bridgehead atoms. The molecule has 3 aromatic rings. The summed E-state index contributed by atoms with van der Waals surface area (Å²) < 4.78 is 10.8. The molecule has 12 heteroatoms. The third-order valence-electron chi connectivity index (χ3n) is 6.22. The van der Waals surface area contributed by atoms with Crippen LogP contribution in [0, 0.1) is 20.8 Å². The van der Waals surface area contributed by atoms with Gasteiger partial charge in [-0.25, -0.2) is 9.97 Å². The van der Waals surface area contributed by atoms with Crippen molar-refractivity contribution in [3.05, 3.63) is 63.4 Å². The Morgan fingerprint density at radius 1 is 0.897 bits per heavy atom. The third-order valence-corrected chi connectivity index (χ3v) is 6.94. The van der Waals surface area contributed by atoms with Crippen LogP contribution in [0.3, 0.4) is 0 Å². The Morgan fingerprint density at radius 3 is 2.21 bits per heavy atom. The Morgan fingerprint density at radius 2 is 1.56 bits per heavy atom. The lowest BCUT2D eigenvalue weighted by atomic mass is 10.1. The van der Waals surface area contributed by atoms with Gasteiger partial charge in [0, 0.05) is 60.4 Å². The summed E-state index contributed by atoms with van der Waals surface area (Å²) in [7, 11) is 3.10. The number of nitrogens with one attached hydrogen (secondary N) is 2. The van der Waals surface area contributed by atoms with Crippen molar-refractivity contribution in [3.8, 4) is 11.5 Å². The summed E-state index contributed by atoms with van der Waals surface area (Å²) in [6, 6.07) is 11.3. The standard InChI is InChI=1S/C27H31Cl2N7O2S/c1-16-6-7-19(28)13-22(16)35-8-10-36(11-9-35)26(33-25-30-17(2)12-18(3)31-25)34-27(39)32-21-15-23(37-4)20(29)14-24(21)38-5/h6-7,12-15H,8-11H2,1-5H3,(H2,30,31,32,33,34,39). The first-order chi connectivity index (χ1) is 18.7. The van der Waals surface area contributed by atoms with Crippen LogP contribution in [0.5, 0.6) is 11.5 Å². The third kappa shape index (κ3) is 7.20. The highest BCUT2D eigenvalue weighted by Gasteiger charge is 2.23. The number of benzene rings is 2. The molecule has 0 atom stereocenters. The monoisotopic (exact) mass is 587 g/mol. The molecule has 1 fully saturated rings. The molecular formula is C27H31Cl2N7O2S. The van der Waals surface area contributed by atoms with E-state index in [-0.39, 0.29) is 5.11 Å². The number of anilines is 3. The van der Waals surface area contributed by atoms with Crippen LogP contribution in [0.4, 0.5) is 17.3 Å². The highest BCUT2D eigenvalue weighted by Crippen LogP contribution is 2.36. The molecule has 1 aliphatic heterocycles. The van der Waals surface area contributed by atoms with Crippen LogP contribution in [0.1, 0.15) is 17.0 Å². The zero-order chi connectivity index (χ0) is 28.1. The van der Waals surface area contributed by atoms with E-state index in [9.17, 15) is 0 Å². The van der Waals surface area contributed by atoms with E-state index in [1.807, 2.05) is 38.1 Å². The van der Waals surface area contributed by atoms with Crippen molar-refractivity contribution in [1.82, 2.24) is 14.9 Å². The fourth-order valence-electron chi connectivity index (χ4n) is 4.34. The van der Waals surface area contributed by atoms with Gasteiger partial charge in [-0.1, -0.05) is 29.3 Å². The molecule has 0 amide bonds. The summed E-state index contributed by atoms with van der Waals surface area (Å²) in [6.45, 7) is 8.89. The minimum atomic E-state index is 0.220. The molecular weight excluding hydrogens is 557 g/mol. The molecule has 39 heavy (non-hydrogen) atoms. The van der Waals surface area contributed by atoms with Crippen LogP contribution in [-0.2, 0) is 0 Å². The second-order valence-electron chi connectivity index (χ2n) is 9.06. The quantitative estimate of drug-likeness (QED) is 0.221. The number of aryl methyl sites for hydroxylation is 3. The number of aromatic nitrogens is 2. The number of hydrogen-bond donors (Lipinski definition) is 2. The van der Waals surface area contributed by atoms with Crippen LogP contribution >= 0.6 is 35.4 Å². The van der Waals surface area contributed by atoms with Crippen molar-refractivity contribution in [2.75, 3.05) is 55.9 Å². The zero-order valence-corrected chi connectivity index (χ0v) is 24.8. The maximum Gasteiger partial charge on any atom is 0.229 e. The first-order valence-corrected chi connectivity index (χ1v) is 13.5. The molecule has 2 heterocycles. The number of rotatable bonds is 5.